The molecule has 1 aromatic rings. The van der Waals surface area contributed by atoms with E-state index in [2.05, 4.69) is 17.4 Å². The maximum atomic E-state index is 13.2. The molecule has 4 heteroatoms. The zero-order valence-electron chi connectivity index (χ0n) is 12.0. The minimum Gasteiger partial charge on any atom is -0.396 e. The van der Waals surface area contributed by atoms with Crippen LogP contribution in [0.3, 0.4) is 0 Å². The number of nitrogens with one attached hydrogen (secondary N) is 1. The second-order valence-corrected chi connectivity index (χ2v) is 7.34. The van der Waals surface area contributed by atoms with Crippen molar-refractivity contribution in [2.24, 2.45) is 10.8 Å². The summed E-state index contributed by atoms with van der Waals surface area (Å²) in [7, 11) is 0. The molecule has 1 aromatic carbocycles. The monoisotopic (exact) mass is 293 g/mol. The fourth-order valence-electron chi connectivity index (χ4n) is 4.13. The van der Waals surface area contributed by atoms with E-state index in [0.717, 1.165) is 13.0 Å². The third-order valence-electron chi connectivity index (χ3n) is 5.93. The molecule has 4 rings (SSSR count). The van der Waals surface area contributed by atoms with Crippen molar-refractivity contribution >= 4 is 0 Å². The Kier molecular flexibility index (Phi) is 2.77. The van der Waals surface area contributed by atoms with Crippen LogP contribution in [0.15, 0.2) is 30.3 Å². The normalized spacial score (nSPS) is 42.6. The number of alkyl halides is 2. The van der Waals surface area contributed by atoms with E-state index in [9.17, 15) is 13.9 Å². The Morgan fingerprint density at radius 1 is 1.14 bits per heavy atom. The highest BCUT2D eigenvalue weighted by molar-refractivity contribution is 5.30. The highest BCUT2D eigenvalue weighted by Crippen LogP contribution is 2.71. The second kappa shape index (κ2) is 4.26. The van der Waals surface area contributed by atoms with Crippen LogP contribution in [0.25, 0.3) is 0 Å². The van der Waals surface area contributed by atoms with E-state index in [0.29, 0.717) is 18.8 Å². The Labute approximate surface area is 123 Å². The largest absolute Gasteiger partial charge is 0.396 e. The summed E-state index contributed by atoms with van der Waals surface area (Å²) in [6.07, 6.45) is 2.25. The number of aliphatic hydroxyl groups excluding tert-OH is 1. The van der Waals surface area contributed by atoms with Crippen LogP contribution in [0.4, 0.5) is 8.78 Å². The van der Waals surface area contributed by atoms with Gasteiger partial charge < -0.3 is 10.4 Å². The molecule has 0 saturated heterocycles. The van der Waals surface area contributed by atoms with Crippen LogP contribution < -0.4 is 5.32 Å². The SMILES string of the molecule is OC[C@@]1(CNC2CC3(C2)CC3(F)F)C[C@H]1c1ccccc1. The topological polar surface area (TPSA) is 32.3 Å². The first-order valence-electron chi connectivity index (χ1n) is 7.77. The first-order valence-corrected chi connectivity index (χ1v) is 7.77. The van der Waals surface area contributed by atoms with Gasteiger partial charge in [0.25, 0.3) is 5.92 Å². The Bertz CT molecular complexity index is 541. The predicted octanol–water partition coefficient (Wildman–Crippen LogP) is 2.93. The van der Waals surface area contributed by atoms with Gasteiger partial charge >= 0.3 is 0 Å². The summed E-state index contributed by atoms with van der Waals surface area (Å²) in [5, 5.41) is 13.1. The molecule has 1 spiro atoms. The van der Waals surface area contributed by atoms with Gasteiger partial charge in [-0.25, -0.2) is 8.78 Å². The molecule has 2 N–H and O–H groups in total. The van der Waals surface area contributed by atoms with Crippen molar-refractivity contribution in [3.63, 3.8) is 0 Å². The molecule has 3 fully saturated rings. The Hall–Kier alpha value is -1.00. The lowest BCUT2D eigenvalue weighted by Gasteiger charge is -2.37. The standard InChI is InChI=1S/C17H21F2NO/c18-17(19)9-16(17)6-13(7-16)20-10-15(11-21)8-14(15)12-4-2-1-3-5-12/h1-5,13-14,20-21H,6-11H2/t13?,14-,15-,16?/m0/s1. The summed E-state index contributed by atoms with van der Waals surface area (Å²) in [6.45, 7) is 0.892. The summed E-state index contributed by atoms with van der Waals surface area (Å²) >= 11 is 0. The number of halogens is 2. The third-order valence-corrected chi connectivity index (χ3v) is 5.93. The van der Waals surface area contributed by atoms with Crippen LogP contribution in [-0.4, -0.2) is 30.2 Å². The van der Waals surface area contributed by atoms with Gasteiger partial charge in [-0.3, -0.25) is 0 Å². The quantitative estimate of drug-likeness (QED) is 0.875. The average Bonchev–Trinajstić information content (AvgIpc) is 3.30. The van der Waals surface area contributed by atoms with E-state index in [1.54, 1.807) is 0 Å². The van der Waals surface area contributed by atoms with Gasteiger partial charge in [-0.15, -0.1) is 0 Å². The van der Waals surface area contributed by atoms with Crippen LogP contribution >= 0.6 is 0 Å². The first kappa shape index (κ1) is 13.6. The highest BCUT2D eigenvalue weighted by Gasteiger charge is 2.75. The third kappa shape index (κ3) is 2.03. The Morgan fingerprint density at radius 2 is 1.81 bits per heavy atom. The van der Waals surface area contributed by atoms with Crippen molar-refractivity contribution in [2.75, 3.05) is 13.2 Å². The number of aliphatic hydroxyl groups is 1. The van der Waals surface area contributed by atoms with E-state index in [-0.39, 0.29) is 24.5 Å². The zero-order valence-corrected chi connectivity index (χ0v) is 12.0. The first-order chi connectivity index (χ1) is 10.0. The summed E-state index contributed by atoms with van der Waals surface area (Å²) < 4.78 is 26.3. The molecule has 2 atom stereocenters. The maximum Gasteiger partial charge on any atom is 0.254 e. The molecule has 0 aromatic heterocycles. The number of hydrogen-bond donors (Lipinski definition) is 2. The molecule has 0 bridgehead atoms. The van der Waals surface area contributed by atoms with Crippen LogP contribution in [-0.2, 0) is 0 Å². The van der Waals surface area contributed by atoms with E-state index in [1.807, 2.05) is 18.2 Å². The molecule has 3 aliphatic carbocycles. The van der Waals surface area contributed by atoms with Crippen LogP contribution in [0.1, 0.15) is 37.2 Å². The van der Waals surface area contributed by atoms with Gasteiger partial charge in [0.1, 0.15) is 0 Å². The van der Waals surface area contributed by atoms with E-state index >= 15 is 0 Å². The van der Waals surface area contributed by atoms with Crippen molar-refractivity contribution in [2.45, 2.75) is 43.6 Å². The van der Waals surface area contributed by atoms with E-state index < -0.39 is 11.3 Å². The molecule has 2 nitrogen and oxygen atoms in total. The molecule has 3 saturated carbocycles. The second-order valence-electron chi connectivity index (χ2n) is 7.34. The van der Waals surface area contributed by atoms with Gasteiger partial charge in [0.05, 0.1) is 6.61 Å². The number of benzene rings is 1. The molecule has 0 radical (unpaired) electrons. The van der Waals surface area contributed by atoms with Crippen molar-refractivity contribution < 1.29 is 13.9 Å². The van der Waals surface area contributed by atoms with Crippen LogP contribution in [0, 0.1) is 10.8 Å². The average molecular weight is 293 g/mol. The van der Waals surface area contributed by atoms with Crippen molar-refractivity contribution in [1.82, 2.24) is 5.32 Å². The number of hydrogen-bond acceptors (Lipinski definition) is 2. The fraction of sp³-hybridized carbons (Fsp3) is 0.647. The lowest BCUT2D eigenvalue weighted by atomic mass is 9.76. The lowest BCUT2D eigenvalue weighted by molar-refractivity contribution is 0.0124. The van der Waals surface area contributed by atoms with Crippen molar-refractivity contribution in [1.29, 1.82) is 0 Å². The molecule has 0 amide bonds. The fourth-order valence-corrected chi connectivity index (χ4v) is 4.13. The van der Waals surface area contributed by atoms with Gasteiger partial charge in [0.2, 0.25) is 0 Å². The van der Waals surface area contributed by atoms with E-state index in [1.165, 1.54) is 5.56 Å². The van der Waals surface area contributed by atoms with Gasteiger partial charge in [0.15, 0.2) is 0 Å². The molecular formula is C17H21F2NO. The maximum absolute atomic E-state index is 13.2. The minimum atomic E-state index is -2.41. The molecule has 0 unspecified atom stereocenters. The highest BCUT2D eigenvalue weighted by atomic mass is 19.3. The van der Waals surface area contributed by atoms with Gasteiger partial charge in [-0.1, -0.05) is 30.3 Å². The minimum absolute atomic E-state index is 0.0793. The summed E-state index contributed by atoms with van der Waals surface area (Å²) in [4.78, 5) is 0. The Morgan fingerprint density at radius 3 is 2.38 bits per heavy atom. The predicted molar refractivity (Wildman–Crippen MR) is 76.3 cm³/mol. The summed E-state index contributed by atoms with van der Waals surface area (Å²) in [6, 6.07) is 10.5. The lowest BCUT2D eigenvalue weighted by Crippen LogP contribution is -2.47. The van der Waals surface area contributed by atoms with Gasteiger partial charge in [0, 0.05) is 29.8 Å². The van der Waals surface area contributed by atoms with Crippen molar-refractivity contribution in [3.05, 3.63) is 35.9 Å². The van der Waals surface area contributed by atoms with Crippen molar-refractivity contribution in [3.8, 4) is 0 Å². The van der Waals surface area contributed by atoms with Crippen LogP contribution in [0.2, 0.25) is 0 Å². The molecule has 0 aliphatic heterocycles. The molecule has 0 heterocycles. The van der Waals surface area contributed by atoms with Gasteiger partial charge in [-0.05, 0) is 30.7 Å². The molecule has 114 valence electrons. The zero-order chi connectivity index (χ0) is 14.7. The molecule has 3 aliphatic rings. The van der Waals surface area contributed by atoms with Gasteiger partial charge in [-0.2, -0.15) is 0 Å². The van der Waals surface area contributed by atoms with Crippen LogP contribution in [0.5, 0.6) is 0 Å². The number of rotatable bonds is 5. The summed E-state index contributed by atoms with van der Waals surface area (Å²) in [5.41, 5.74) is 0.516. The summed E-state index contributed by atoms with van der Waals surface area (Å²) in [5.74, 6) is -2.01. The smallest absolute Gasteiger partial charge is 0.254 e. The Balaban J connectivity index is 1.31. The molecule has 21 heavy (non-hydrogen) atoms. The molecular weight excluding hydrogens is 272 g/mol. The van der Waals surface area contributed by atoms with E-state index in [4.69, 9.17) is 0 Å².